The third-order valence-corrected chi connectivity index (χ3v) is 4.09. The Bertz CT molecular complexity index is 887. The summed E-state index contributed by atoms with van der Waals surface area (Å²) in [5.41, 5.74) is 2.71. The summed E-state index contributed by atoms with van der Waals surface area (Å²) in [5.74, 6) is 0.312. The van der Waals surface area contributed by atoms with Crippen LogP contribution < -0.4 is 5.32 Å². The van der Waals surface area contributed by atoms with Crippen LogP contribution in [0.25, 0.3) is 22.6 Å². The molecule has 1 amide bonds. The van der Waals surface area contributed by atoms with Crippen LogP contribution in [0.3, 0.4) is 0 Å². The first-order valence-electron chi connectivity index (χ1n) is 7.11. The van der Waals surface area contributed by atoms with E-state index in [0.717, 1.165) is 5.56 Å². The molecule has 0 aliphatic heterocycles. The van der Waals surface area contributed by atoms with Crippen molar-refractivity contribution in [1.82, 2.24) is 4.98 Å². The van der Waals surface area contributed by atoms with Crippen LogP contribution in [0.5, 0.6) is 0 Å². The predicted molar refractivity (Wildman–Crippen MR) is 92.9 cm³/mol. The molecule has 0 aliphatic carbocycles. The zero-order valence-corrected chi connectivity index (χ0v) is 14.1. The minimum absolute atomic E-state index is 0.0476. The number of aromatic nitrogens is 1. The van der Waals surface area contributed by atoms with E-state index >= 15 is 0 Å². The molecule has 6 heteroatoms. The highest BCUT2D eigenvalue weighted by atomic mass is 35.5. The van der Waals surface area contributed by atoms with Gasteiger partial charge in [0.05, 0.1) is 10.0 Å². The number of hydrogen-bond donors (Lipinski definition) is 1. The van der Waals surface area contributed by atoms with Crippen LogP contribution in [0.2, 0.25) is 10.0 Å². The lowest BCUT2D eigenvalue weighted by Gasteiger charge is -2.06. The SMILES string of the molecule is CC(C)C(=O)Nc1ccc2nc(-c3ccc(Cl)c(Cl)c3)oc2c1. The van der Waals surface area contributed by atoms with Crippen LogP contribution >= 0.6 is 23.2 Å². The lowest BCUT2D eigenvalue weighted by atomic mass is 10.2. The molecule has 0 unspecified atom stereocenters. The van der Waals surface area contributed by atoms with Crippen molar-refractivity contribution in [2.75, 3.05) is 5.32 Å². The highest BCUT2D eigenvalue weighted by molar-refractivity contribution is 6.42. The van der Waals surface area contributed by atoms with Crippen molar-refractivity contribution in [3.63, 3.8) is 0 Å². The van der Waals surface area contributed by atoms with Gasteiger partial charge in [0.2, 0.25) is 11.8 Å². The Hall–Kier alpha value is -2.04. The van der Waals surface area contributed by atoms with E-state index < -0.39 is 0 Å². The van der Waals surface area contributed by atoms with E-state index in [1.807, 2.05) is 13.8 Å². The van der Waals surface area contributed by atoms with E-state index in [1.54, 1.807) is 36.4 Å². The number of oxazole rings is 1. The Balaban J connectivity index is 1.95. The standard InChI is InChI=1S/C17H14Cl2N2O2/c1-9(2)16(22)20-11-4-6-14-15(8-11)23-17(21-14)10-3-5-12(18)13(19)7-10/h3-9H,1-2H3,(H,20,22). The Labute approximate surface area is 143 Å². The molecule has 0 fully saturated rings. The van der Waals surface area contributed by atoms with Crippen molar-refractivity contribution < 1.29 is 9.21 Å². The molecule has 0 saturated carbocycles. The van der Waals surface area contributed by atoms with E-state index in [-0.39, 0.29) is 11.8 Å². The monoisotopic (exact) mass is 348 g/mol. The smallest absolute Gasteiger partial charge is 0.227 e. The average Bonchev–Trinajstić information content (AvgIpc) is 2.93. The largest absolute Gasteiger partial charge is 0.436 e. The van der Waals surface area contributed by atoms with Gasteiger partial charge in [-0.05, 0) is 30.3 Å². The number of nitrogens with zero attached hydrogens (tertiary/aromatic N) is 1. The summed E-state index contributed by atoms with van der Waals surface area (Å²) in [6, 6.07) is 10.5. The molecule has 0 saturated heterocycles. The topological polar surface area (TPSA) is 55.1 Å². The van der Waals surface area contributed by atoms with E-state index in [1.165, 1.54) is 0 Å². The zero-order valence-electron chi connectivity index (χ0n) is 12.6. The van der Waals surface area contributed by atoms with E-state index in [2.05, 4.69) is 10.3 Å². The quantitative estimate of drug-likeness (QED) is 0.689. The van der Waals surface area contributed by atoms with Crippen LogP contribution in [-0.4, -0.2) is 10.9 Å². The molecule has 0 radical (unpaired) electrons. The molecule has 0 atom stereocenters. The average molecular weight is 349 g/mol. The van der Waals surface area contributed by atoms with Crippen molar-refractivity contribution in [2.45, 2.75) is 13.8 Å². The van der Waals surface area contributed by atoms with Gasteiger partial charge >= 0.3 is 0 Å². The number of rotatable bonds is 3. The zero-order chi connectivity index (χ0) is 16.6. The fourth-order valence-electron chi connectivity index (χ4n) is 2.04. The number of hydrogen-bond acceptors (Lipinski definition) is 3. The molecule has 1 heterocycles. The molecule has 0 spiro atoms. The lowest BCUT2D eigenvalue weighted by Crippen LogP contribution is -2.17. The van der Waals surface area contributed by atoms with Crippen molar-refractivity contribution in [1.29, 1.82) is 0 Å². The second-order valence-electron chi connectivity index (χ2n) is 5.47. The van der Waals surface area contributed by atoms with Crippen molar-refractivity contribution in [3.8, 4) is 11.5 Å². The van der Waals surface area contributed by atoms with Gasteiger partial charge in [-0.25, -0.2) is 4.98 Å². The highest BCUT2D eigenvalue weighted by Gasteiger charge is 2.12. The second-order valence-corrected chi connectivity index (χ2v) is 6.29. The van der Waals surface area contributed by atoms with Gasteiger partial charge in [-0.15, -0.1) is 0 Å². The van der Waals surface area contributed by atoms with Crippen LogP contribution in [0.1, 0.15) is 13.8 Å². The number of anilines is 1. The van der Waals surface area contributed by atoms with Gasteiger partial charge < -0.3 is 9.73 Å². The Morgan fingerprint density at radius 1 is 1.13 bits per heavy atom. The molecule has 23 heavy (non-hydrogen) atoms. The maximum absolute atomic E-state index is 11.8. The first-order chi connectivity index (χ1) is 10.9. The lowest BCUT2D eigenvalue weighted by molar-refractivity contribution is -0.118. The van der Waals surface area contributed by atoms with Crippen molar-refractivity contribution >= 4 is 45.9 Å². The molecule has 0 bridgehead atoms. The number of fused-ring (bicyclic) bond motifs is 1. The maximum atomic E-state index is 11.8. The van der Waals surface area contributed by atoms with Crippen LogP contribution in [0.15, 0.2) is 40.8 Å². The predicted octanol–water partition coefficient (Wildman–Crippen LogP) is 5.40. The molecule has 4 nitrogen and oxygen atoms in total. The first kappa shape index (κ1) is 15.8. The normalized spacial score (nSPS) is 11.2. The minimum atomic E-state index is -0.0906. The van der Waals surface area contributed by atoms with Crippen molar-refractivity contribution in [2.24, 2.45) is 5.92 Å². The number of benzene rings is 2. The minimum Gasteiger partial charge on any atom is -0.436 e. The number of carbonyl (C=O) groups is 1. The molecular formula is C17H14Cl2N2O2. The van der Waals surface area contributed by atoms with E-state index in [0.29, 0.717) is 32.7 Å². The third kappa shape index (κ3) is 3.33. The third-order valence-electron chi connectivity index (χ3n) is 3.35. The van der Waals surface area contributed by atoms with Gasteiger partial charge in [0.15, 0.2) is 5.58 Å². The first-order valence-corrected chi connectivity index (χ1v) is 7.86. The summed E-state index contributed by atoms with van der Waals surface area (Å²) in [6.07, 6.45) is 0. The van der Waals surface area contributed by atoms with Gasteiger partial charge in [0.25, 0.3) is 0 Å². The molecule has 1 aromatic heterocycles. The molecule has 1 N–H and O–H groups in total. The molecule has 3 rings (SSSR count). The van der Waals surface area contributed by atoms with Gasteiger partial charge in [-0.1, -0.05) is 37.0 Å². The van der Waals surface area contributed by atoms with Gasteiger partial charge in [-0.2, -0.15) is 0 Å². The highest BCUT2D eigenvalue weighted by Crippen LogP contribution is 2.30. The van der Waals surface area contributed by atoms with E-state index in [4.69, 9.17) is 27.6 Å². The number of halogens is 2. The van der Waals surface area contributed by atoms with Crippen LogP contribution in [0.4, 0.5) is 5.69 Å². The van der Waals surface area contributed by atoms with Gasteiger partial charge in [-0.3, -0.25) is 4.79 Å². The molecule has 118 valence electrons. The fraction of sp³-hybridized carbons (Fsp3) is 0.176. The molecule has 2 aromatic carbocycles. The summed E-state index contributed by atoms with van der Waals surface area (Å²) in [7, 11) is 0. The van der Waals surface area contributed by atoms with Crippen LogP contribution in [0, 0.1) is 5.92 Å². The number of nitrogens with one attached hydrogen (secondary N) is 1. The number of amides is 1. The van der Waals surface area contributed by atoms with Crippen LogP contribution in [-0.2, 0) is 4.79 Å². The van der Waals surface area contributed by atoms with E-state index in [9.17, 15) is 4.79 Å². The molecule has 0 aliphatic rings. The van der Waals surface area contributed by atoms with Crippen molar-refractivity contribution in [3.05, 3.63) is 46.4 Å². The summed E-state index contributed by atoms with van der Waals surface area (Å²) < 4.78 is 5.77. The second kappa shape index (κ2) is 6.22. The fourth-order valence-corrected chi connectivity index (χ4v) is 2.34. The Morgan fingerprint density at radius 3 is 2.61 bits per heavy atom. The van der Waals surface area contributed by atoms with Gasteiger partial charge in [0, 0.05) is 23.2 Å². The Morgan fingerprint density at radius 2 is 1.91 bits per heavy atom. The molecule has 3 aromatic rings. The Kier molecular flexibility index (Phi) is 4.28. The maximum Gasteiger partial charge on any atom is 0.227 e. The summed E-state index contributed by atoms with van der Waals surface area (Å²) in [4.78, 5) is 16.2. The summed E-state index contributed by atoms with van der Waals surface area (Å²) >= 11 is 11.9. The summed E-state index contributed by atoms with van der Waals surface area (Å²) in [5, 5.41) is 3.75. The van der Waals surface area contributed by atoms with Gasteiger partial charge in [0.1, 0.15) is 5.52 Å². The molecular weight excluding hydrogens is 335 g/mol. The number of carbonyl (C=O) groups excluding carboxylic acids is 1. The summed E-state index contributed by atoms with van der Waals surface area (Å²) in [6.45, 7) is 3.68.